The van der Waals surface area contributed by atoms with Crippen molar-refractivity contribution in [2.45, 2.75) is 20.0 Å². The van der Waals surface area contributed by atoms with E-state index < -0.39 is 5.82 Å². The molecule has 0 fully saturated rings. The van der Waals surface area contributed by atoms with E-state index in [0.29, 0.717) is 28.6 Å². The number of carbonyl (C=O) groups excluding carboxylic acids is 1. The Labute approximate surface area is 214 Å². The van der Waals surface area contributed by atoms with Gasteiger partial charge in [0, 0.05) is 18.2 Å². The Morgan fingerprint density at radius 3 is 2.46 bits per heavy atom. The normalized spacial score (nSPS) is 10.9. The minimum Gasteiger partial charge on any atom is -0.467 e. The molecule has 0 spiro atoms. The van der Waals surface area contributed by atoms with E-state index in [1.807, 2.05) is 74.6 Å². The number of nitrogens with zero attached hydrogens (tertiary/aromatic N) is 3. The van der Waals surface area contributed by atoms with Crippen LogP contribution in [0.5, 0.6) is 11.6 Å². The summed E-state index contributed by atoms with van der Waals surface area (Å²) in [5, 5.41) is 4.77. The van der Waals surface area contributed by atoms with Crippen LogP contribution in [0, 0.1) is 12.7 Å². The minimum atomic E-state index is -0.401. The summed E-state index contributed by atoms with van der Waals surface area (Å²) in [5.41, 5.74) is 3.80. The van der Waals surface area contributed by atoms with Crippen molar-refractivity contribution < 1.29 is 18.3 Å². The van der Waals surface area contributed by atoms with Gasteiger partial charge in [0.15, 0.2) is 0 Å². The van der Waals surface area contributed by atoms with Crippen LogP contribution in [0.15, 0.2) is 102 Å². The topological polar surface area (TPSA) is 60.5 Å². The summed E-state index contributed by atoms with van der Waals surface area (Å²) in [6.07, 6.45) is 1.57. The molecule has 5 rings (SSSR count). The van der Waals surface area contributed by atoms with Crippen molar-refractivity contribution in [2.24, 2.45) is 7.05 Å². The molecular formula is C30H26FN3O3. The molecule has 7 heteroatoms. The molecule has 0 aliphatic carbocycles. The van der Waals surface area contributed by atoms with E-state index in [4.69, 9.17) is 14.3 Å². The van der Waals surface area contributed by atoms with Gasteiger partial charge < -0.3 is 14.1 Å². The van der Waals surface area contributed by atoms with Crippen LogP contribution < -0.4 is 4.74 Å². The highest BCUT2D eigenvalue weighted by Crippen LogP contribution is 2.35. The number of carbonyl (C=O) groups is 1. The fraction of sp³-hybridized carbons (Fsp3) is 0.133. The third kappa shape index (κ3) is 5.46. The molecule has 1 amide bonds. The standard InChI is InChI=1S/C30H26FN3O3/c1-21-8-6-11-25(18-21)37-30-27(28(32-33(30)2)22-9-4-3-5-10-22)20-34(19-26-12-7-17-36-26)29(35)23-13-15-24(31)16-14-23/h3-18H,19-20H2,1-2H3. The van der Waals surface area contributed by atoms with E-state index in [0.717, 1.165) is 16.7 Å². The first-order valence-electron chi connectivity index (χ1n) is 11.9. The number of amides is 1. The fourth-order valence-electron chi connectivity index (χ4n) is 4.20. The molecule has 2 heterocycles. The second kappa shape index (κ2) is 10.5. The lowest BCUT2D eigenvalue weighted by molar-refractivity contribution is 0.0717. The quantitative estimate of drug-likeness (QED) is 0.239. The zero-order valence-corrected chi connectivity index (χ0v) is 20.6. The van der Waals surface area contributed by atoms with Gasteiger partial charge >= 0.3 is 0 Å². The van der Waals surface area contributed by atoms with Gasteiger partial charge in [0.05, 0.1) is 24.9 Å². The molecule has 0 aliphatic rings. The summed E-state index contributed by atoms with van der Waals surface area (Å²) in [6, 6.07) is 26.7. The lowest BCUT2D eigenvalue weighted by atomic mass is 10.1. The van der Waals surface area contributed by atoms with Gasteiger partial charge in [0.25, 0.3) is 5.91 Å². The van der Waals surface area contributed by atoms with Crippen LogP contribution >= 0.6 is 0 Å². The number of aryl methyl sites for hydroxylation is 2. The van der Waals surface area contributed by atoms with Crippen molar-refractivity contribution in [1.82, 2.24) is 14.7 Å². The monoisotopic (exact) mass is 495 g/mol. The molecule has 2 aromatic heterocycles. The van der Waals surface area contributed by atoms with Crippen LogP contribution in [0.25, 0.3) is 11.3 Å². The van der Waals surface area contributed by atoms with Gasteiger partial charge in [-0.1, -0.05) is 42.5 Å². The molecule has 0 saturated carbocycles. The first-order valence-corrected chi connectivity index (χ1v) is 11.9. The predicted octanol–water partition coefficient (Wildman–Crippen LogP) is 6.76. The van der Waals surface area contributed by atoms with Crippen LogP contribution in [0.3, 0.4) is 0 Å². The van der Waals surface area contributed by atoms with E-state index in [-0.39, 0.29) is 19.0 Å². The second-order valence-corrected chi connectivity index (χ2v) is 8.79. The minimum absolute atomic E-state index is 0.191. The summed E-state index contributed by atoms with van der Waals surface area (Å²) < 4.78 is 27.2. The van der Waals surface area contributed by atoms with Crippen molar-refractivity contribution in [3.05, 3.63) is 126 Å². The number of rotatable bonds is 8. The molecule has 0 unspecified atom stereocenters. The molecule has 0 N–H and O–H groups in total. The summed E-state index contributed by atoms with van der Waals surface area (Å²) in [6.45, 7) is 2.41. The predicted molar refractivity (Wildman–Crippen MR) is 139 cm³/mol. The SMILES string of the molecule is Cc1cccc(Oc2c(CN(Cc3ccco3)C(=O)c3ccc(F)cc3)c(-c3ccccc3)nn2C)c1. The number of aromatic nitrogens is 2. The van der Waals surface area contributed by atoms with Crippen LogP contribution in [0.1, 0.15) is 27.2 Å². The number of ether oxygens (including phenoxy) is 1. The Hall–Kier alpha value is -4.65. The number of hydrogen-bond donors (Lipinski definition) is 0. The van der Waals surface area contributed by atoms with Gasteiger partial charge in [0.2, 0.25) is 5.88 Å². The average Bonchev–Trinajstić information content (AvgIpc) is 3.53. The van der Waals surface area contributed by atoms with Crippen LogP contribution in [-0.2, 0) is 20.1 Å². The van der Waals surface area contributed by atoms with Crippen LogP contribution in [0.4, 0.5) is 4.39 Å². The summed E-state index contributed by atoms with van der Waals surface area (Å²) in [4.78, 5) is 15.3. The van der Waals surface area contributed by atoms with E-state index in [2.05, 4.69) is 0 Å². The molecule has 0 radical (unpaired) electrons. The summed E-state index contributed by atoms with van der Waals surface area (Å²) in [7, 11) is 1.82. The fourth-order valence-corrected chi connectivity index (χ4v) is 4.20. The van der Waals surface area contributed by atoms with Gasteiger partial charge in [0.1, 0.15) is 23.0 Å². The summed E-state index contributed by atoms with van der Waals surface area (Å²) in [5.74, 6) is 1.16. The maximum absolute atomic E-state index is 13.6. The maximum atomic E-state index is 13.6. The Balaban J connectivity index is 1.59. The lowest BCUT2D eigenvalue weighted by Gasteiger charge is -2.23. The molecule has 186 valence electrons. The Morgan fingerprint density at radius 1 is 0.973 bits per heavy atom. The van der Waals surface area contributed by atoms with E-state index >= 15 is 0 Å². The number of furan rings is 1. The van der Waals surface area contributed by atoms with Gasteiger partial charge in [-0.25, -0.2) is 9.07 Å². The third-order valence-electron chi connectivity index (χ3n) is 5.99. The average molecular weight is 496 g/mol. The highest BCUT2D eigenvalue weighted by atomic mass is 19.1. The molecule has 37 heavy (non-hydrogen) atoms. The molecule has 5 aromatic rings. The van der Waals surface area contributed by atoms with E-state index in [1.165, 1.54) is 24.3 Å². The first-order chi connectivity index (χ1) is 18.0. The van der Waals surface area contributed by atoms with Crippen LogP contribution in [-0.4, -0.2) is 20.6 Å². The van der Waals surface area contributed by atoms with Gasteiger partial charge in [-0.2, -0.15) is 5.10 Å². The van der Waals surface area contributed by atoms with Crippen molar-refractivity contribution in [3.63, 3.8) is 0 Å². The summed E-state index contributed by atoms with van der Waals surface area (Å²) >= 11 is 0. The Kier molecular flexibility index (Phi) is 6.85. The van der Waals surface area contributed by atoms with Gasteiger partial charge in [-0.15, -0.1) is 0 Å². The highest BCUT2D eigenvalue weighted by Gasteiger charge is 2.26. The molecule has 0 aliphatic heterocycles. The molecule has 0 bridgehead atoms. The largest absolute Gasteiger partial charge is 0.467 e. The number of halogens is 1. The molecule has 6 nitrogen and oxygen atoms in total. The maximum Gasteiger partial charge on any atom is 0.254 e. The highest BCUT2D eigenvalue weighted by molar-refractivity contribution is 5.94. The number of benzene rings is 3. The smallest absolute Gasteiger partial charge is 0.254 e. The van der Waals surface area contributed by atoms with E-state index in [1.54, 1.807) is 21.9 Å². The van der Waals surface area contributed by atoms with Crippen LogP contribution in [0.2, 0.25) is 0 Å². The third-order valence-corrected chi connectivity index (χ3v) is 5.99. The second-order valence-electron chi connectivity index (χ2n) is 8.79. The zero-order chi connectivity index (χ0) is 25.8. The van der Waals surface area contributed by atoms with Crippen molar-refractivity contribution in [2.75, 3.05) is 0 Å². The molecule has 0 saturated heterocycles. The lowest BCUT2D eigenvalue weighted by Crippen LogP contribution is -2.30. The molecular weight excluding hydrogens is 469 g/mol. The van der Waals surface area contributed by atoms with E-state index in [9.17, 15) is 9.18 Å². The molecule has 0 atom stereocenters. The Bertz CT molecular complexity index is 1490. The molecule has 3 aromatic carbocycles. The van der Waals surface area contributed by atoms with Crippen molar-refractivity contribution in [1.29, 1.82) is 0 Å². The van der Waals surface area contributed by atoms with Crippen molar-refractivity contribution in [3.8, 4) is 22.9 Å². The van der Waals surface area contributed by atoms with Crippen molar-refractivity contribution >= 4 is 5.91 Å². The van der Waals surface area contributed by atoms with Gasteiger partial charge in [-0.3, -0.25) is 4.79 Å². The van der Waals surface area contributed by atoms with Gasteiger partial charge in [-0.05, 0) is 61.0 Å². The zero-order valence-electron chi connectivity index (χ0n) is 20.6. The first kappa shape index (κ1) is 24.1. The number of hydrogen-bond acceptors (Lipinski definition) is 4. The Morgan fingerprint density at radius 2 is 1.76 bits per heavy atom.